The molecule has 9 heteroatoms. The van der Waals surface area contributed by atoms with Crippen LogP contribution in [-0.4, -0.2) is 11.7 Å². The second-order valence-electron chi connectivity index (χ2n) is 6.93. The van der Waals surface area contributed by atoms with Gasteiger partial charge in [0, 0.05) is 43.4 Å². The molecule has 0 aliphatic carbocycles. The quantitative estimate of drug-likeness (QED) is 0.333. The average Bonchev–Trinajstić information content (AvgIpc) is 2.72. The Morgan fingerprint density at radius 2 is 1.55 bits per heavy atom. The zero-order chi connectivity index (χ0) is 22.0. The van der Waals surface area contributed by atoms with Crippen LogP contribution < -0.4 is 16.1 Å². The Bertz CT molecular complexity index is 1140. The second kappa shape index (κ2) is 9.37. The number of nitrogens with one attached hydrogen (secondary N) is 3. The highest BCUT2D eigenvalue weighted by Gasteiger charge is 2.25. The predicted molar refractivity (Wildman–Crippen MR) is 129 cm³/mol. The molecule has 1 unspecified atom stereocenters. The summed E-state index contributed by atoms with van der Waals surface area (Å²) in [5.74, 6) is 0. The molecule has 158 valence electrons. The molecule has 3 N–H and O–H groups in total. The Balaban J connectivity index is 1.57. The van der Waals surface area contributed by atoms with Crippen molar-refractivity contribution in [1.29, 1.82) is 0 Å². The van der Waals surface area contributed by atoms with Gasteiger partial charge in [-0.3, -0.25) is 0 Å². The van der Waals surface area contributed by atoms with Gasteiger partial charge in [0.05, 0.1) is 11.8 Å². The number of carbonyl (C=O) groups is 1. The van der Waals surface area contributed by atoms with Crippen molar-refractivity contribution in [2.75, 3.05) is 10.6 Å². The van der Waals surface area contributed by atoms with Crippen LogP contribution in [0.2, 0.25) is 20.1 Å². The molecule has 1 aliphatic heterocycles. The van der Waals surface area contributed by atoms with Crippen LogP contribution in [0.1, 0.15) is 23.6 Å². The number of hydrogen-bond donors (Lipinski definition) is 3. The minimum atomic E-state index is -0.518. The molecule has 0 spiro atoms. The van der Waals surface area contributed by atoms with E-state index in [0.717, 1.165) is 16.8 Å². The lowest BCUT2D eigenvalue weighted by Crippen LogP contribution is -2.29. The standard InChI is InChI=1S/C22H16Cl4N4O/c23-13-3-1-12(2-4-13)20-11-21(18-10-14(24)5-6-19(18)28-20)29-30-22(31)27-17-8-15(25)7-16(26)9-17/h1-10,20,28H,11H2,(H2,27,30,31). The predicted octanol–water partition coefficient (Wildman–Crippen LogP) is 7.38. The van der Waals surface area contributed by atoms with Gasteiger partial charge in [0.2, 0.25) is 0 Å². The smallest absolute Gasteiger partial charge is 0.339 e. The minimum absolute atomic E-state index is 0.0405. The van der Waals surface area contributed by atoms with Gasteiger partial charge in [0.1, 0.15) is 0 Å². The van der Waals surface area contributed by atoms with E-state index in [1.54, 1.807) is 24.3 Å². The summed E-state index contributed by atoms with van der Waals surface area (Å²) < 4.78 is 0. The first-order chi connectivity index (χ1) is 14.9. The van der Waals surface area contributed by atoms with E-state index < -0.39 is 6.03 Å². The number of hydrogen-bond acceptors (Lipinski definition) is 3. The third-order valence-corrected chi connectivity index (χ3v) is 5.63. The van der Waals surface area contributed by atoms with Crippen molar-refractivity contribution in [2.45, 2.75) is 12.5 Å². The molecule has 0 saturated heterocycles. The van der Waals surface area contributed by atoms with Gasteiger partial charge in [-0.25, -0.2) is 10.2 Å². The molecule has 4 rings (SSSR count). The van der Waals surface area contributed by atoms with Gasteiger partial charge in [0.15, 0.2) is 0 Å². The van der Waals surface area contributed by atoms with Gasteiger partial charge >= 0.3 is 6.03 Å². The number of nitrogens with zero attached hydrogens (tertiary/aromatic N) is 1. The fourth-order valence-electron chi connectivity index (χ4n) is 3.33. The molecule has 31 heavy (non-hydrogen) atoms. The van der Waals surface area contributed by atoms with Crippen LogP contribution in [0.4, 0.5) is 16.2 Å². The monoisotopic (exact) mass is 492 g/mol. The summed E-state index contributed by atoms with van der Waals surface area (Å²) >= 11 is 24.2. The van der Waals surface area contributed by atoms with Crippen LogP contribution in [-0.2, 0) is 0 Å². The Labute approximate surface area is 199 Å². The van der Waals surface area contributed by atoms with Crippen molar-refractivity contribution in [1.82, 2.24) is 5.43 Å². The normalized spacial score (nSPS) is 16.4. The third kappa shape index (κ3) is 5.43. The number of carbonyl (C=O) groups excluding carboxylic acids is 1. The lowest BCUT2D eigenvalue weighted by Gasteiger charge is -2.28. The number of amides is 2. The van der Waals surface area contributed by atoms with Crippen LogP contribution in [0.15, 0.2) is 65.8 Å². The van der Waals surface area contributed by atoms with E-state index in [-0.39, 0.29) is 6.04 Å². The first-order valence-electron chi connectivity index (χ1n) is 9.29. The van der Waals surface area contributed by atoms with Crippen molar-refractivity contribution in [2.24, 2.45) is 5.10 Å². The number of hydrazone groups is 1. The highest BCUT2D eigenvalue weighted by Crippen LogP contribution is 2.34. The van der Waals surface area contributed by atoms with Gasteiger partial charge in [0.25, 0.3) is 0 Å². The van der Waals surface area contributed by atoms with Crippen molar-refractivity contribution < 1.29 is 4.79 Å². The van der Waals surface area contributed by atoms with E-state index in [1.807, 2.05) is 36.4 Å². The van der Waals surface area contributed by atoms with Gasteiger partial charge in [-0.1, -0.05) is 58.5 Å². The SMILES string of the molecule is O=C(NN=C1CC(c2ccc(Cl)cc2)Nc2ccc(Cl)cc21)Nc1cc(Cl)cc(Cl)c1. The molecule has 1 heterocycles. The summed E-state index contributed by atoms with van der Waals surface area (Å²) in [6.45, 7) is 0. The number of halogens is 4. The van der Waals surface area contributed by atoms with Crippen LogP contribution >= 0.6 is 46.4 Å². The molecular weight excluding hydrogens is 478 g/mol. The maximum atomic E-state index is 12.4. The molecule has 0 radical (unpaired) electrons. The van der Waals surface area contributed by atoms with Crippen molar-refractivity contribution in [3.63, 3.8) is 0 Å². The molecule has 2 amide bonds. The zero-order valence-electron chi connectivity index (χ0n) is 15.9. The van der Waals surface area contributed by atoms with Crippen LogP contribution in [0.5, 0.6) is 0 Å². The fraction of sp³-hybridized carbons (Fsp3) is 0.0909. The first-order valence-corrected chi connectivity index (χ1v) is 10.8. The van der Waals surface area contributed by atoms with Crippen LogP contribution in [0.3, 0.4) is 0 Å². The molecule has 3 aromatic carbocycles. The number of anilines is 2. The summed E-state index contributed by atoms with van der Waals surface area (Å²) in [6.07, 6.45) is 0.540. The van der Waals surface area contributed by atoms with E-state index >= 15 is 0 Å². The lowest BCUT2D eigenvalue weighted by atomic mass is 9.92. The van der Waals surface area contributed by atoms with Crippen molar-refractivity contribution in [3.05, 3.63) is 91.9 Å². The average molecular weight is 494 g/mol. The summed E-state index contributed by atoms with van der Waals surface area (Å²) in [5, 5.41) is 12.6. The molecule has 5 nitrogen and oxygen atoms in total. The van der Waals surface area contributed by atoms with Gasteiger partial charge < -0.3 is 10.6 Å². The maximum Gasteiger partial charge on any atom is 0.339 e. The van der Waals surface area contributed by atoms with Gasteiger partial charge in [-0.2, -0.15) is 5.10 Å². The van der Waals surface area contributed by atoms with E-state index in [0.29, 0.717) is 37.9 Å². The van der Waals surface area contributed by atoms with E-state index in [4.69, 9.17) is 46.4 Å². The summed E-state index contributed by atoms with van der Waals surface area (Å²) in [4.78, 5) is 12.4. The fourth-order valence-corrected chi connectivity index (χ4v) is 4.15. The number of benzene rings is 3. The van der Waals surface area contributed by atoms with Gasteiger partial charge in [-0.05, 0) is 54.1 Å². The van der Waals surface area contributed by atoms with E-state index in [2.05, 4.69) is 21.2 Å². The molecule has 1 aliphatic rings. The topological polar surface area (TPSA) is 65.5 Å². The molecule has 0 bridgehead atoms. The Kier molecular flexibility index (Phi) is 6.58. The molecule has 0 aromatic heterocycles. The largest absolute Gasteiger partial charge is 0.377 e. The maximum absolute atomic E-state index is 12.4. The third-order valence-electron chi connectivity index (χ3n) is 4.70. The minimum Gasteiger partial charge on any atom is -0.377 e. The highest BCUT2D eigenvalue weighted by molar-refractivity contribution is 6.35. The summed E-state index contributed by atoms with van der Waals surface area (Å²) in [5.41, 5.74) is 6.44. The lowest BCUT2D eigenvalue weighted by molar-refractivity contribution is 0.252. The Morgan fingerprint density at radius 1 is 0.871 bits per heavy atom. The number of urea groups is 1. The zero-order valence-corrected chi connectivity index (χ0v) is 18.9. The van der Waals surface area contributed by atoms with Crippen molar-refractivity contribution in [3.8, 4) is 0 Å². The van der Waals surface area contributed by atoms with Crippen LogP contribution in [0.25, 0.3) is 0 Å². The second-order valence-corrected chi connectivity index (χ2v) is 8.67. The van der Waals surface area contributed by atoms with Gasteiger partial charge in [-0.15, -0.1) is 0 Å². The Morgan fingerprint density at radius 3 is 2.26 bits per heavy atom. The Hall–Kier alpha value is -2.44. The summed E-state index contributed by atoms with van der Waals surface area (Å²) in [6, 6.07) is 17.3. The van der Waals surface area contributed by atoms with E-state index in [9.17, 15) is 4.79 Å². The highest BCUT2D eigenvalue weighted by atomic mass is 35.5. The number of rotatable bonds is 3. The molecule has 0 saturated carbocycles. The van der Waals surface area contributed by atoms with E-state index in [1.165, 1.54) is 0 Å². The molecule has 1 atom stereocenters. The molecular formula is C22H16Cl4N4O. The molecule has 0 fully saturated rings. The first kappa shape index (κ1) is 21.8. The van der Waals surface area contributed by atoms with Crippen molar-refractivity contribution >= 4 is 69.5 Å². The summed E-state index contributed by atoms with van der Waals surface area (Å²) in [7, 11) is 0. The van der Waals surface area contributed by atoms with Crippen LogP contribution in [0, 0.1) is 0 Å². The molecule has 3 aromatic rings. The number of fused-ring (bicyclic) bond motifs is 1.